The summed E-state index contributed by atoms with van der Waals surface area (Å²) in [6.45, 7) is 2.53. The second-order valence-electron chi connectivity index (χ2n) is 4.22. The van der Waals surface area contributed by atoms with E-state index in [4.69, 9.17) is 11.2 Å². The molecular weight excluding hydrogens is 528 g/mol. The molecule has 0 unspecified atom stereocenters. The van der Waals surface area contributed by atoms with Gasteiger partial charge in [-0.15, -0.1) is 6.42 Å². The summed E-state index contributed by atoms with van der Waals surface area (Å²) < 4.78 is 7.50. The number of nitrogens with zero attached hydrogens (tertiary/aromatic N) is 1. The van der Waals surface area contributed by atoms with Gasteiger partial charge in [0, 0.05) is 0 Å². The third-order valence-electron chi connectivity index (χ3n) is 2.73. The van der Waals surface area contributed by atoms with Crippen LogP contribution < -0.4 is 4.74 Å². The van der Waals surface area contributed by atoms with Crippen molar-refractivity contribution < 1.29 is 14.3 Å². The van der Waals surface area contributed by atoms with Gasteiger partial charge in [-0.2, -0.15) is 0 Å². The maximum atomic E-state index is 12.1. The predicted octanol–water partition coefficient (Wildman–Crippen LogP) is 3.96. The first-order valence-corrected chi connectivity index (χ1v) is 9.26. The molecule has 1 heterocycles. The minimum absolute atomic E-state index is 0.000351. The fourth-order valence-corrected chi connectivity index (χ4v) is 4.79. The van der Waals surface area contributed by atoms with Crippen LogP contribution in [0, 0.1) is 19.5 Å². The number of terminal acetylenes is 1. The maximum Gasteiger partial charge on any atom is 0.294 e. The molecule has 0 atom stereocenters. The summed E-state index contributed by atoms with van der Waals surface area (Å²) in [6, 6.07) is 3.84. The van der Waals surface area contributed by atoms with Gasteiger partial charge in [-0.3, -0.25) is 14.5 Å². The van der Waals surface area contributed by atoms with Crippen molar-refractivity contribution >= 4 is 74.2 Å². The molecule has 1 saturated heterocycles. The summed E-state index contributed by atoms with van der Waals surface area (Å²) in [5.41, 5.74) is 0.850. The van der Waals surface area contributed by atoms with Gasteiger partial charge in [-0.25, -0.2) is 0 Å². The molecule has 0 radical (unpaired) electrons. The first-order valence-electron chi connectivity index (χ1n) is 6.28. The van der Waals surface area contributed by atoms with Gasteiger partial charge in [0.1, 0.15) is 5.75 Å². The number of rotatable bonds is 4. The lowest BCUT2D eigenvalue weighted by Crippen LogP contribution is -2.28. The van der Waals surface area contributed by atoms with Crippen LogP contribution in [0.25, 0.3) is 6.08 Å². The Labute approximate surface area is 160 Å². The van der Waals surface area contributed by atoms with Crippen LogP contribution in [0.4, 0.5) is 4.79 Å². The zero-order valence-corrected chi connectivity index (χ0v) is 16.7. The minimum Gasteiger partial charge on any atom is -0.492 e. The Kier molecular flexibility index (Phi) is 6.17. The summed E-state index contributed by atoms with van der Waals surface area (Å²) in [7, 11) is 0. The third kappa shape index (κ3) is 3.78. The van der Waals surface area contributed by atoms with E-state index in [0.29, 0.717) is 11.5 Å². The molecule has 1 fully saturated rings. The standard InChI is InChI=1S/C15H11I2NO3S/c1-3-5-18-14(19)12(22-15(18)20)8-9-6-10(16)13(21-4-2)11(17)7-9/h1,6-8H,4-5H2,2H3/b12-8+. The topological polar surface area (TPSA) is 46.6 Å². The summed E-state index contributed by atoms with van der Waals surface area (Å²) in [6.07, 6.45) is 6.88. The molecule has 0 aromatic heterocycles. The highest BCUT2D eigenvalue weighted by molar-refractivity contribution is 14.1. The highest BCUT2D eigenvalue weighted by atomic mass is 127. The molecule has 0 N–H and O–H groups in total. The van der Waals surface area contributed by atoms with Gasteiger partial charge in [0.15, 0.2) is 0 Å². The van der Waals surface area contributed by atoms with Crippen LogP contribution in [0.1, 0.15) is 12.5 Å². The van der Waals surface area contributed by atoms with E-state index in [1.165, 1.54) is 0 Å². The van der Waals surface area contributed by atoms with Crippen molar-refractivity contribution in [3.05, 3.63) is 29.7 Å². The maximum absolute atomic E-state index is 12.1. The molecule has 2 amide bonds. The van der Waals surface area contributed by atoms with Crippen LogP contribution >= 0.6 is 56.9 Å². The normalized spacial score (nSPS) is 16.3. The molecule has 2 rings (SSSR count). The number of carbonyl (C=O) groups excluding carboxylic acids is 2. The molecule has 1 aromatic carbocycles. The molecule has 4 nitrogen and oxygen atoms in total. The van der Waals surface area contributed by atoms with Crippen molar-refractivity contribution in [2.45, 2.75) is 6.92 Å². The molecule has 114 valence electrons. The molecular formula is C15H11I2NO3S. The predicted molar refractivity (Wildman–Crippen MR) is 105 cm³/mol. The molecule has 1 aromatic rings. The average Bonchev–Trinajstić information content (AvgIpc) is 2.71. The highest BCUT2D eigenvalue weighted by Gasteiger charge is 2.34. The minimum atomic E-state index is -0.341. The average molecular weight is 539 g/mol. The Bertz CT molecular complexity index is 686. The van der Waals surface area contributed by atoms with Crippen LogP contribution in [0.3, 0.4) is 0 Å². The Morgan fingerprint density at radius 1 is 1.36 bits per heavy atom. The number of halogens is 2. The van der Waals surface area contributed by atoms with Crippen molar-refractivity contribution in [1.29, 1.82) is 0 Å². The van der Waals surface area contributed by atoms with E-state index >= 15 is 0 Å². The molecule has 0 saturated carbocycles. The van der Waals surface area contributed by atoms with Gasteiger partial charge >= 0.3 is 0 Å². The van der Waals surface area contributed by atoms with Crippen LogP contribution in [-0.4, -0.2) is 29.2 Å². The summed E-state index contributed by atoms with van der Waals surface area (Å²) >= 11 is 5.30. The van der Waals surface area contributed by atoms with Crippen LogP contribution in [0.2, 0.25) is 0 Å². The lowest BCUT2D eigenvalue weighted by molar-refractivity contribution is -0.122. The lowest BCUT2D eigenvalue weighted by atomic mass is 10.2. The van der Waals surface area contributed by atoms with Crippen molar-refractivity contribution in [1.82, 2.24) is 4.90 Å². The van der Waals surface area contributed by atoms with E-state index in [1.807, 2.05) is 19.1 Å². The van der Waals surface area contributed by atoms with Crippen molar-refractivity contribution in [3.63, 3.8) is 0 Å². The van der Waals surface area contributed by atoms with E-state index in [-0.39, 0.29) is 17.7 Å². The van der Waals surface area contributed by atoms with E-state index in [0.717, 1.165) is 35.1 Å². The van der Waals surface area contributed by atoms with E-state index < -0.39 is 0 Å². The lowest BCUT2D eigenvalue weighted by Gasteiger charge is -2.09. The Balaban J connectivity index is 2.33. The first kappa shape index (κ1) is 17.6. The van der Waals surface area contributed by atoms with E-state index in [9.17, 15) is 9.59 Å². The quantitative estimate of drug-likeness (QED) is 0.331. The molecule has 0 aliphatic carbocycles. The largest absolute Gasteiger partial charge is 0.492 e. The van der Waals surface area contributed by atoms with Crippen molar-refractivity contribution in [3.8, 4) is 18.1 Å². The number of benzene rings is 1. The third-order valence-corrected chi connectivity index (χ3v) is 5.24. The molecule has 0 bridgehead atoms. The Hall–Kier alpha value is -0.730. The molecule has 7 heteroatoms. The van der Waals surface area contributed by atoms with Gasteiger partial charge in [0.2, 0.25) is 0 Å². The van der Waals surface area contributed by atoms with Gasteiger partial charge in [-0.05, 0) is 87.6 Å². The molecule has 1 aliphatic heterocycles. The fraction of sp³-hybridized carbons (Fsp3) is 0.200. The summed E-state index contributed by atoms with van der Waals surface area (Å²) in [4.78, 5) is 25.4. The second kappa shape index (κ2) is 7.70. The van der Waals surface area contributed by atoms with Crippen LogP contribution in [0.15, 0.2) is 17.0 Å². The van der Waals surface area contributed by atoms with Gasteiger partial charge in [0.05, 0.1) is 25.2 Å². The van der Waals surface area contributed by atoms with Crippen LogP contribution in [0.5, 0.6) is 5.75 Å². The number of carbonyl (C=O) groups is 2. The number of thioether (sulfide) groups is 1. The van der Waals surface area contributed by atoms with Crippen molar-refractivity contribution in [2.24, 2.45) is 0 Å². The van der Waals surface area contributed by atoms with Crippen LogP contribution in [-0.2, 0) is 4.79 Å². The molecule has 0 spiro atoms. The number of hydrogen-bond donors (Lipinski definition) is 0. The Morgan fingerprint density at radius 2 is 2.00 bits per heavy atom. The smallest absolute Gasteiger partial charge is 0.294 e. The second-order valence-corrected chi connectivity index (χ2v) is 7.54. The highest BCUT2D eigenvalue weighted by Crippen LogP contribution is 2.34. The number of amides is 2. The summed E-state index contributed by atoms with van der Waals surface area (Å²) in [5.74, 6) is 2.81. The first-order chi connectivity index (χ1) is 10.5. The van der Waals surface area contributed by atoms with E-state index in [1.54, 1.807) is 6.08 Å². The van der Waals surface area contributed by atoms with Gasteiger partial charge in [0.25, 0.3) is 11.1 Å². The monoisotopic (exact) mass is 539 g/mol. The molecule has 1 aliphatic rings. The number of hydrogen-bond acceptors (Lipinski definition) is 4. The zero-order valence-electron chi connectivity index (χ0n) is 11.6. The van der Waals surface area contributed by atoms with E-state index in [2.05, 4.69) is 51.1 Å². The van der Waals surface area contributed by atoms with Gasteiger partial charge < -0.3 is 4.74 Å². The fourth-order valence-electron chi connectivity index (χ4n) is 1.82. The Morgan fingerprint density at radius 3 is 2.55 bits per heavy atom. The molecule has 22 heavy (non-hydrogen) atoms. The number of ether oxygens (including phenoxy) is 1. The zero-order chi connectivity index (χ0) is 16.3. The van der Waals surface area contributed by atoms with Gasteiger partial charge in [-0.1, -0.05) is 5.92 Å². The summed E-state index contributed by atoms with van der Waals surface area (Å²) in [5, 5.41) is -0.329. The number of imide groups is 1. The van der Waals surface area contributed by atoms with Crippen molar-refractivity contribution in [2.75, 3.05) is 13.2 Å². The SMILES string of the molecule is C#CCN1C(=O)S/C(=C/c2cc(I)c(OCC)c(I)c2)C1=O.